The summed E-state index contributed by atoms with van der Waals surface area (Å²) in [5.74, 6) is -1.01. The Morgan fingerprint density at radius 2 is 2.19 bits per heavy atom. The van der Waals surface area contributed by atoms with Crippen LogP contribution in [0.3, 0.4) is 0 Å². The van der Waals surface area contributed by atoms with Gasteiger partial charge in [0.2, 0.25) is 11.6 Å². The van der Waals surface area contributed by atoms with E-state index in [-0.39, 0.29) is 10.9 Å². The van der Waals surface area contributed by atoms with E-state index in [0.29, 0.717) is 0 Å². The molecule has 0 atom stereocenters. The summed E-state index contributed by atoms with van der Waals surface area (Å²) < 4.78 is 9.10. The van der Waals surface area contributed by atoms with Gasteiger partial charge in [0.1, 0.15) is 5.02 Å². The van der Waals surface area contributed by atoms with Gasteiger partial charge in [-0.1, -0.05) is 11.6 Å². The predicted octanol–water partition coefficient (Wildman–Crippen LogP) is 1.44. The zero-order chi connectivity index (χ0) is 12.3. The standard InChI is InChI=1S/C8H7ClN2O5/c1-15-7-4(9)3-5(11(13)14)6(10-7)8(12)16-2/h3H,1-2H3. The van der Waals surface area contributed by atoms with Gasteiger partial charge in [0.15, 0.2) is 0 Å². The van der Waals surface area contributed by atoms with Crippen molar-refractivity contribution in [3.63, 3.8) is 0 Å². The first-order chi connectivity index (χ1) is 7.51. The fourth-order valence-electron chi connectivity index (χ4n) is 0.992. The second-order valence-corrected chi connectivity index (χ2v) is 3.00. The van der Waals surface area contributed by atoms with Crippen LogP contribution in [0.5, 0.6) is 5.88 Å². The summed E-state index contributed by atoms with van der Waals surface area (Å²) >= 11 is 5.65. The highest BCUT2D eigenvalue weighted by atomic mass is 35.5. The van der Waals surface area contributed by atoms with E-state index in [9.17, 15) is 14.9 Å². The third kappa shape index (κ3) is 2.19. The number of aromatic nitrogens is 1. The Balaban J connectivity index is 3.42. The van der Waals surface area contributed by atoms with E-state index in [2.05, 4.69) is 9.72 Å². The minimum absolute atomic E-state index is 0.0538. The van der Waals surface area contributed by atoms with Gasteiger partial charge in [-0.3, -0.25) is 10.1 Å². The maximum absolute atomic E-state index is 11.2. The minimum Gasteiger partial charge on any atom is -0.480 e. The SMILES string of the molecule is COC(=O)c1nc(OC)c(Cl)cc1[N+](=O)[O-]. The van der Waals surface area contributed by atoms with E-state index >= 15 is 0 Å². The van der Waals surface area contributed by atoms with E-state index < -0.39 is 22.3 Å². The molecule has 0 saturated carbocycles. The average molecular weight is 247 g/mol. The van der Waals surface area contributed by atoms with Crippen LogP contribution in [-0.2, 0) is 4.74 Å². The Morgan fingerprint density at radius 1 is 1.56 bits per heavy atom. The van der Waals surface area contributed by atoms with Crippen molar-refractivity contribution in [3.8, 4) is 5.88 Å². The summed E-state index contributed by atoms with van der Waals surface area (Å²) in [5, 5.41) is 10.6. The third-order valence-corrected chi connectivity index (χ3v) is 1.96. The highest BCUT2D eigenvalue weighted by Crippen LogP contribution is 2.29. The van der Waals surface area contributed by atoms with Gasteiger partial charge in [-0.2, -0.15) is 4.98 Å². The number of pyridine rings is 1. The third-order valence-electron chi connectivity index (χ3n) is 1.69. The zero-order valence-corrected chi connectivity index (χ0v) is 9.15. The molecule has 1 aromatic heterocycles. The van der Waals surface area contributed by atoms with Crippen molar-refractivity contribution < 1.29 is 19.2 Å². The molecule has 1 aromatic rings. The highest BCUT2D eigenvalue weighted by molar-refractivity contribution is 6.32. The molecule has 0 aliphatic carbocycles. The summed E-state index contributed by atoms with van der Waals surface area (Å²) in [6.07, 6.45) is 0. The number of hydrogen-bond donors (Lipinski definition) is 0. The molecule has 0 N–H and O–H groups in total. The van der Waals surface area contributed by atoms with Gasteiger partial charge in [-0.05, 0) is 0 Å². The van der Waals surface area contributed by atoms with Crippen molar-refractivity contribution in [1.29, 1.82) is 0 Å². The summed E-state index contributed by atoms with van der Waals surface area (Å²) in [4.78, 5) is 24.7. The number of hydrogen-bond acceptors (Lipinski definition) is 6. The Morgan fingerprint density at radius 3 is 2.62 bits per heavy atom. The van der Waals surface area contributed by atoms with Crippen LogP contribution in [0.15, 0.2) is 6.07 Å². The second-order valence-electron chi connectivity index (χ2n) is 2.60. The number of carbonyl (C=O) groups is 1. The van der Waals surface area contributed by atoms with Crippen LogP contribution in [-0.4, -0.2) is 30.1 Å². The molecule has 0 spiro atoms. The molecule has 86 valence electrons. The van der Waals surface area contributed by atoms with Crippen molar-refractivity contribution in [1.82, 2.24) is 4.98 Å². The average Bonchev–Trinajstić information content (AvgIpc) is 2.27. The van der Waals surface area contributed by atoms with E-state index in [4.69, 9.17) is 16.3 Å². The van der Waals surface area contributed by atoms with E-state index in [1.54, 1.807) is 0 Å². The molecular formula is C8H7ClN2O5. The Labute approximate surface area is 95.1 Å². The number of nitrogens with zero attached hydrogens (tertiary/aromatic N) is 2. The fourth-order valence-corrected chi connectivity index (χ4v) is 1.21. The number of methoxy groups -OCH3 is 2. The second kappa shape index (κ2) is 4.75. The molecule has 0 aromatic carbocycles. The molecular weight excluding hydrogens is 240 g/mol. The first kappa shape index (κ1) is 12.2. The summed E-state index contributed by atoms with van der Waals surface area (Å²) in [6, 6.07) is 0.986. The number of halogens is 1. The zero-order valence-electron chi connectivity index (χ0n) is 8.39. The predicted molar refractivity (Wildman–Crippen MR) is 53.8 cm³/mol. The van der Waals surface area contributed by atoms with Crippen LogP contribution in [0.25, 0.3) is 0 Å². The summed E-state index contributed by atoms with van der Waals surface area (Å²) in [6.45, 7) is 0. The molecule has 0 unspecified atom stereocenters. The summed E-state index contributed by atoms with van der Waals surface area (Å²) in [7, 11) is 2.37. The topological polar surface area (TPSA) is 91.6 Å². The lowest BCUT2D eigenvalue weighted by atomic mass is 10.3. The number of ether oxygens (including phenoxy) is 2. The fraction of sp³-hybridized carbons (Fsp3) is 0.250. The normalized spacial score (nSPS) is 9.69. The van der Waals surface area contributed by atoms with Gasteiger partial charge in [0, 0.05) is 6.07 Å². The van der Waals surface area contributed by atoms with Gasteiger partial charge in [0.25, 0.3) is 0 Å². The molecule has 8 heteroatoms. The number of esters is 1. The minimum atomic E-state index is -0.929. The van der Waals surface area contributed by atoms with Gasteiger partial charge >= 0.3 is 11.7 Å². The molecule has 16 heavy (non-hydrogen) atoms. The van der Waals surface area contributed by atoms with Gasteiger partial charge in [0.05, 0.1) is 19.1 Å². The number of nitro groups is 1. The van der Waals surface area contributed by atoms with Crippen molar-refractivity contribution in [2.75, 3.05) is 14.2 Å². The Hall–Kier alpha value is -1.89. The van der Waals surface area contributed by atoms with Gasteiger partial charge < -0.3 is 9.47 Å². The highest BCUT2D eigenvalue weighted by Gasteiger charge is 2.25. The Kier molecular flexibility index (Phi) is 3.62. The number of rotatable bonds is 3. The maximum atomic E-state index is 11.2. The van der Waals surface area contributed by atoms with Crippen LogP contribution in [0, 0.1) is 10.1 Å². The smallest absolute Gasteiger partial charge is 0.364 e. The van der Waals surface area contributed by atoms with Crippen molar-refractivity contribution in [3.05, 3.63) is 26.9 Å². The van der Waals surface area contributed by atoms with Crippen LogP contribution in [0.4, 0.5) is 5.69 Å². The van der Waals surface area contributed by atoms with E-state index in [0.717, 1.165) is 13.2 Å². The van der Waals surface area contributed by atoms with Crippen molar-refractivity contribution in [2.24, 2.45) is 0 Å². The van der Waals surface area contributed by atoms with E-state index in [1.165, 1.54) is 7.11 Å². The molecule has 0 aliphatic heterocycles. The lowest BCUT2D eigenvalue weighted by molar-refractivity contribution is -0.385. The lowest BCUT2D eigenvalue weighted by Crippen LogP contribution is -2.09. The van der Waals surface area contributed by atoms with Crippen LogP contribution in [0.2, 0.25) is 5.02 Å². The largest absolute Gasteiger partial charge is 0.480 e. The molecule has 1 heterocycles. The first-order valence-corrected chi connectivity index (χ1v) is 4.36. The van der Waals surface area contributed by atoms with Crippen molar-refractivity contribution >= 4 is 23.3 Å². The molecule has 0 saturated heterocycles. The molecule has 1 rings (SSSR count). The monoisotopic (exact) mass is 246 g/mol. The van der Waals surface area contributed by atoms with Crippen LogP contribution in [0.1, 0.15) is 10.5 Å². The lowest BCUT2D eigenvalue weighted by Gasteiger charge is -2.04. The molecule has 7 nitrogen and oxygen atoms in total. The van der Waals surface area contributed by atoms with E-state index in [1.807, 2.05) is 0 Å². The summed E-state index contributed by atoms with van der Waals surface area (Å²) in [5.41, 5.74) is -0.980. The van der Waals surface area contributed by atoms with Crippen LogP contribution < -0.4 is 4.74 Å². The molecule has 0 bridgehead atoms. The van der Waals surface area contributed by atoms with Gasteiger partial charge in [-0.15, -0.1) is 0 Å². The molecule has 0 fully saturated rings. The maximum Gasteiger partial charge on any atom is 0.364 e. The van der Waals surface area contributed by atoms with Gasteiger partial charge in [-0.25, -0.2) is 4.79 Å². The molecule has 0 aliphatic rings. The van der Waals surface area contributed by atoms with Crippen molar-refractivity contribution in [2.45, 2.75) is 0 Å². The molecule has 0 amide bonds. The van der Waals surface area contributed by atoms with Crippen LogP contribution >= 0.6 is 11.6 Å². The first-order valence-electron chi connectivity index (χ1n) is 3.98. The number of carbonyl (C=O) groups excluding carboxylic acids is 1. The quantitative estimate of drug-likeness (QED) is 0.455. The molecule has 0 radical (unpaired) electrons. The Bertz CT molecular complexity index is 448.